The number of carbonyl (C=O) groups excluding carboxylic acids is 1. The summed E-state index contributed by atoms with van der Waals surface area (Å²) in [4.78, 5) is 10.6. The second kappa shape index (κ2) is 3.22. The number of H-pyrrole nitrogens is 1. The molecule has 0 aromatic carbocycles. The quantitative estimate of drug-likeness (QED) is 0.621. The largest absolute Gasteiger partial charge is 0.308 e. The smallest absolute Gasteiger partial charge is 0.240 e. The maximum atomic E-state index is 10.6. The minimum atomic E-state index is -0.256. The number of hydrogen-bond donors (Lipinski definition) is 2. The van der Waals surface area contributed by atoms with Gasteiger partial charge in [-0.25, -0.2) is 0 Å². The molecule has 0 aliphatic carbocycles. The van der Waals surface area contributed by atoms with Crippen molar-refractivity contribution in [2.45, 2.75) is 0 Å². The second-order valence-corrected chi connectivity index (χ2v) is 1.91. The van der Waals surface area contributed by atoms with Gasteiger partial charge in [0.05, 0.1) is 0 Å². The first-order chi connectivity index (χ1) is 4.83. The van der Waals surface area contributed by atoms with Crippen LogP contribution in [-0.2, 0) is 4.79 Å². The molecule has 0 aliphatic rings. The van der Waals surface area contributed by atoms with Gasteiger partial charge >= 0.3 is 0 Å². The van der Waals surface area contributed by atoms with Crippen molar-refractivity contribution in [1.82, 2.24) is 10.2 Å². The molecule has 10 heavy (non-hydrogen) atoms. The topological polar surface area (TPSA) is 57.8 Å². The number of alkyl halides is 1. The second-order valence-electron chi connectivity index (χ2n) is 1.64. The Morgan fingerprint density at radius 1 is 1.90 bits per heavy atom. The van der Waals surface area contributed by atoms with Gasteiger partial charge in [-0.05, 0) is 0 Å². The van der Waals surface area contributed by atoms with Crippen LogP contribution in [0.25, 0.3) is 0 Å². The normalized spacial score (nSPS) is 9.30. The first kappa shape index (κ1) is 7.08. The number of rotatable bonds is 2. The summed E-state index contributed by atoms with van der Waals surface area (Å²) in [6, 6.07) is 1.64. The van der Waals surface area contributed by atoms with Crippen molar-refractivity contribution in [2.24, 2.45) is 0 Å². The Morgan fingerprint density at radius 2 is 2.70 bits per heavy atom. The summed E-state index contributed by atoms with van der Waals surface area (Å²) in [7, 11) is 0. The van der Waals surface area contributed by atoms with Crippen LogP contribution in [0.15, 0.2) is 12.3 Å². The van der Waals surface area contributed by atoms with Gasteiger partial charge < -0.3 is 5.32 Å². The van der Waals surface area contributed by atoms with Crippen LogP contribution in [0.1, 0.15) is 0 Å². The number of carbonyl (C=O) groups is 1. The van der Waals surface area contributed by atoms with Gasteiger partial charge in [0.15, 0.2) is 5.82 Å². The van der Waals surface area contributed by atoms with Crippen LogP contribution in [0.4, 0.5) is 5.82 Å². The van der Waals surface area contributed by atoms with E-state index in [1.54, 1.807) is 12.3 Å². The predicted molar refractivity (Wildman–Crippen MR) is 37.9 cm³/mol. The van der Waals surface area contributed by atoms with Crippen LogP contribution in [0.3, 0.4) is 0 Å². The van der Waals surface area contributed by atoms with Crippen molar-refractivity contribution < 1.29 is 4.79 Å². The Bertz CT molecular complexity index is 209. The number of anilines is 1. The average Bonchev–Trinajstić information content (AvgIpc) is 2.40. The standard InChI is InChI=1S/C5H6ClN3O/c6-3-5(10)8-4-1-2-7-9-4/h1-2H,3H2,(H2,7,8,9,10). The fraction of sp³-hybridized carbons (Fsp3) is 0.200. The molecule has 2 N–H and O–H groups in total. The summed E-state index contributed by atoms with van der Waals surface area (Å²) in [5, 5.41) is 8.70. The summed E-state index contributed by atoms with van der Waals surface area (Å²) in [5.74, 6) is 0.187. The third-order valence-corrected chi connectivity index (χ3v) is 1.13. The van der Waals surface area contributed by atoms with Crippen LogP contribution < -0.4 is 5.32 Å². The third-order valence-electron chi connectivity index (χ3n) is 0.890. The molecule has 1 rings (SSSR count). The van der Waals surface area contributed by atoms with E-state index in [1.807, 2.05) is 0 Å². The van der Waals surface area contributed by atoms with Gasteiger partial charge in [0.2, 0.25) is 5.91 Å². The van der Waals surface area contributed by atoms with E-state index in [0.717, 1.165) is 0 Å². The van der Waals surface area contributed by atoms with Crippen LogP contribution in [0.5, 0.6) is 0 Å². The molecule has 54 valence electrons. The van der Waals surface area contributed by atoms with Gasteiger partial charge in [0.1, 0.15) is 5.88 Å². The van der Waals surface area contributed by atoms with E-state index in [4.69, 9.17) is 11.6 Å². The molecule has 0 unspecified atom stereocenters. The lowest BCUT2D eigenvalue weighted by molar-refractivity contribution is -0.113. The first-order valence-corrected chi connectivity index (χ1v) is 3.22. The lowest BCUT2D eigenvalue weighted by atomic mass is 10.6. The number of aromatic amines is 1. The van der Waals surface area contributed by atoms with Crippen LogP contribution in [-0.4, -0.2) is 22.0 Å². The Balaban J connectivity index is 2.48. The van der Waals surface area contributed by atoms with Gasteiger partial charge in [0.25, 0.3) is 0 Å². The molecule has 1 amide bonds. The van der Waals surface area contributed by atoms with E-state index < -0.39 is 0 Å². The zero-order chi connectivity index (χ0) is 7.40. The maximum absolute atomic E-state index is 10.6. The average molecular weight is 160 g/mol. The van der Waals surface area contributed by atoms with Crippen LogP contribution in [0.2, 0.25) is 0 Å². The third kappa shape index (κ3) is 1.73. The molecular weight excluding hydrogens is 154 g/mol. The summed E-state index contributed by atoms with van der Waals surface area (Å²) in [6.07, 6.45) is 1.61. The van der Waals surface area contributed by atoms with Crippen molar-refractivity contribution in [2.75, 3.05) is 11.2 Å². The first-order valence-electron chi connectivity index (χ1n) is 2.68. The number of nitrogens with one attached hydrogen (secondary N) is 2. The molecular formula is C5H6ClN3O. The molecule has 0 bridgehead atoms. The zero-order valence-electron chi connectivity index (χ0n) is 5.10. The molecule has 0 saturated carbocycles. The molecule has 0 aliphatic heterocycles. The van der Waals surface area contributed by atoms with E-state index in [-0.39, 0.29) is 11.8 Å². The van der Waals surface area contributed by atoms with Crippen molar-refractivity contribution in [3.8, 4) is 0 Å². The van der Waals surface area contributed by atoms with E-state index in [0.29, 0.717) is 5.82 Å². The van der Waals surface area contributed by atoms with Gasteiger partial charge in [-0.3, -0.25) is 9.89 Å². The van der Waals surface area contributed by atoms with Gasteiger partial charge in [-0.1, -0.05) is 0 Å². The van der Waals surface area contributed by atoms with Gasteiger partial charge in [0, 0.05) is 12.3 Å². The highest BCUT2D eigenvalue weighted by molar-refractivity contribution is 6.28. The van der Waals surface area contributed by atoms with Crippen LogP contribution in [0, 0.1) is 0 Å². The zero-order valence-corrected chi connectivity index (χ0v) is 5.85. The Kier molecular flexibility index (Phi) is 2.28. The van der Waals surface area contributed by atoms with Crippen LogP contribution >= 0.6 is 11.6 Å². The van der Waals surface area contributed by atoms with E-state index in [2.05, 4.69) is 15.5 Å². The fourth-order valence-corrected chi connectivity index (χ4v) is 0.573. The highest BCUT2D eigenvalue weighted by atomic mass is 35.5. The summed E-state index contributed by atoms with van der Waals surface area (Å²) in [6.45, 7) is 0. The Morgan fingerprint density at radius 3 is 3.20 bits per heavy atom. The van der Waals surface area contributed by atoms with Crippen molar-refractivity contribution in [3.63, 3.8) is 0 Å². The Hall–Kier alpha value is -1.03. The molecule has 0 spiro atoms. The van der Waals surface area contributed by atoms with E-state index in [9.17, 15) is 4.79 Å². The van der Waals surface area contributed by atoms with E-state index in [1.165, 1.54) is 0 Å². The van der Waals surface area contributed by atoms with Gasteiger partial charge in [-0.15, -0.1) is 11.6 Å². The SMILES string of the molecule is O=C(CCl)Nc1cc[nH]n1. The molecule has 0 atom stereocenters. The maximum Gasteiger partial charge on any atom is 0.240 e. The minimum Gasteiger partial charge on any atom is -0.308 e. The lowest BCUT2D eigenvalue weighted by Crippen LogP contribution is -2.12. The Labute approximate surface area is 62.6 Å². The van der Waals surface area contributed by atoms with Crippen molar-refractivity contribution in [1.29, 1.82) is 0 Å². The molecule has 0 saturated heterocycles. The summed E-state index contributed by atoms with van der Waals surface area (Å²) < 4.78 is 0. The fourth-order valence-electron chi connectivity index (χ4n) is 0.506. The number of amides is 1. The number of nitrogens with zero attached hydrogens (tertiary/aromatic N) is 1. The molecule has 0 fully saturated rings. The highest BCUT2D eigenvalue weighted by Gasteiger charge is 1.99. The minimum absolute atomic E-state index is 0.0488. The molecule has 0 radical (unpaired) electrons. The predicted octanol–water partition coefficient (Wildman–Crippen LogP) is 0.587. The summed E-state index contributed by atoms with van der Waals surface area (Å²) >= 11 is 5.22. The van der Waals surface area contributed by atoms with Crippen molar-refractivity contribution >= 4 is 23.3 Å². The molecule has 1 aromatic heterocycles. The number of halogens is 1. The molecule has 4 nitrogen and oxygen atoms in total. The van der Waals surface area contributed by atoms with Gasteiger partial charge in [-0.2, -0.15) is 5.10 Å². The summed E-state index contributed by atoms with van der Waals surface area (Å²) in [5.41, 5.74) is 0. The van der Waals surface area contributed by atoms with Crippen molar-refractivity contribution in [3.05, 3.63) is 12.3 Å². The molecule has 5 heteroatoms. The lowest BCUT2D eigenvalue weighted by Gasteiger charge is -1.94. The highest BCUT2D eigenvalue weighted by Crippen LogP contribution is 1.97. The molecule has 1 aromatic rings. The number of hydrogen-bond acceptors (Lipinski definition) is 2. The monoisotopic (exact) mass is 159 g/mol. The van der Waals surface area contributed by atoms with E-state index >= 15 is 0 Å². The number of aromatic nitrogens is 2. The molecule has 1 heterocycles.